The lowest BCUT2D eigenvalue weighted by molar-refractivity contribution is 0.0565. The molecule has 2 aromatic rings. The Morgan fingerprint density at radius 3 is 3.14 bits per heavy atom. The number of nitrogens with zero attached hydrogens (tertiary/aromatic N) is 5. The van der Waals surface area contributed by atoms with Gasteiger partial charge < -0.3 is 4.90 Å². The summed E-state index contributed by atoms with van der Waals surface area (Å²) >= 11 is 3.36. The van der Waals surface area contributed by atoms with Gasteiger partial charge in [0.15, 0.2) is 11.3 Å². The maximum Gasteiger partial charge on any atom is 0.274 e. The van der Waals surface area contributed by atoms with Gasteiger partial charge >= 0.3 is 0 Å². The van der Waals surface area contributed by atoms with Gasteiger partial charge in [-0.3, -0.25) is 9.69 Å². The van der Waals surface area contributed by atoms with E-state index in [1.54, 1.807) is 16.8 Å². The van der Waals surface area contributed by atoms with E-state index in [1.165, 1.54) is 19.4 Å². The van der Waals surface area contributed by atoms with Crippen LogP contribution in [0.1, 0.15) is 23.3 Å². The van der Waals surface area contributed by atoms with Gasteiger partial charge in [0.2, 0.25) is 0 Å². The van der Waals surface area contributed by atoms with Crippen molar-refractivity contribution in [2.24, 2.45) is 0 Å². The van der Waals surface area contributed by atoms with Crippen molar-refractivity contribution >= 4 is 27.5 Å². The van der Waals surface area contributed by atoms with Gasteiger partial charge in [0.05, 0.1) is 4.47 Å². The zero-order valence-electron chi connectivity index (χ0n) is 11.6. The largest absolute Gasteiger partial charge is 0.334 e. The summed E-state index contributed by atoms with van der Waals surface area (Å²) in [4.78, 5) is 21.3. The van der Waals surface area contributed by atoms with E-state index >= 15 is 0 Å². The summed E-state index contributed by atoms with van der Waals surface area (Å²) in [6.07, 6.45) is 5.97. The Labute approximate surface area is 130 Å². The molecule has 2 aliphatic heterocycles. The Kier molecular flexibility index (Phi) is 3.19. The monoisotopic (exact) mass is 349 g/mol. The smallest absolute Gasteiger partial charge is 0.274 e. The number of hydrogen-bond donors (Lipinski definition) is 0. The molecule has 0 aliphatic carbocycles. The van der Waals surface area contributed by atoms with Crippen LogP contribution in [0, 0.1) is 0 Å². The highest BCUT2D eigenvalue weighted by atomic mass is 79.9. The third-order valence-electron chi connectivity index (χ3n) is 4.38. The van der Waals surface area contributed by atoms with Gasteiger partial charge in [-0.05, 0) is 35.3 Å². The first-order valence-corrected chi connectivity index (χ1v) is 8.04. The van der Waals surface area contributed by atoms with Gasteiger partial charge in [-0.25, -0.2) is 9.50 Å². The van der Waals surface area contributed by atoms with E-state index in [4.69, 9.17) is 0 Å². The minimum Gasteiger partial charge on any atom is -0.334 e. The Morgan fingerprint density at radius 1 is 1.33 bits per heavy atom. The second kappa shape index (κ2) is 5.06. The number of piperazine rings is 1. The van der Waals surface area contributed by atoms with Crippen molar-refractivity contribution < 1.29 is 4.79 Å². The molecular formula is C14H16BrN5O. The SMILES string of the molecule is O=C(c1cc2ncc(Br)cn2n1)N1CCN2CCC[C@H]2C1. The highest BCUT2D eigenvalue weighted by Gasteiger charge is 2.33. The van der Waals surface area contributed by atoms with Crippen LogP contribution in [0.25, 0.3) is 5.65 Å². The van der Waals surface area contributed by atoms with Crippen LogP contribution in [0.5, 0.6) is 0 Å². The van der Waals surface area contributed by atoms with E-state index in [9.17, 15) is 4.79 Å². The number of carbonyl (C=O) groups excluding carboxylic acids is 1. The Balaban J connectivity index is 1.58. The molecule has 2 saturated heterocycles. The molecule has 6 nitrogen and oxygen atoms in total. The van der Waals surface area contributed by atoms with Crippen LogP contribution in [0.3, 0.4) is 0 Å². The molecule has 1 atom stereocenters. The van der Waals surface area contributed by atoms with Gasteiger partial charge in [0.25, 0.3) is 5.91 Å². The molecule has 1 amide bonds. The Morgan fingerprint density at radius 2 is 2.24 bits per heavy atom. The summed E-state index contributed by atoms with van der Waals surface area (Å²) < 4.78 is 2.49. The summed E-state index contributed by atoms with van der Waals surface area (Å²) in [7, 11) is 0. The second-order valence-corrected chi connectivity index (χ2v) is 6.60. The predicted molar refractivity (Wildman–Crippen MR) is 81.2 cm³/mol. The minimum atomic E-state index is 0.0168. The topological polar surface area (TPSA) is 53.7 Å². The van der Waals surface area contributed by atoms with E-state index in [-0.39, 0.29) is 5.91 Å². The number of fused-ring (bicyclic) bond motifs is 2. The highest BCUT2D eigenvalue weighted by molar-refractivity contribution is 9.10. The van der Waals surface area contributed by atoms with E-state index in [2.05, 4.69) is 30.9 Å². The standard InChI is InChI=1S/C14H16BrN5O/c15-10-7-16-13-6-12(17-20(13)8-10)14(21)19-5-4-18-3-1-2-11(18)9-19/h6-8,11H,1-5,9H2/t11-/m0/s1. The first-order valence-electron chi connectivity index (χ1n) is 7.25. The molecule has 4 rings (SSSR count). The fraction of sp³-hybridized carbons (Fsp3) is 0.500. The molecule has 2 aliphatic rings. The average molecular weight is 350 g/mol. The van der Waals surface area contributed by atoms with Crippen LogP contribution < -0.4 is 0 Å². The van der Waals surface area contributed by atoms with Crippen molar-refractivity contribution in [2.75, 3.05) is 26.2 Å². The molecule has 2 aromatic heterocycles. The average Bonchev–Trinajstić information content (AvgIpc) is 3.11. The molecule has 2 fully saturated rings. The molecule has 4 heterocycles. The fourth-order valence-electron chi connectivity index (χ4n) is 3.30. The molecule has 0 spiro atoms. The van der Waals surface area contributed by atoms with Gasteiger partial charge in [-0.2, -0.15) is 5.10 Å². The highest BCUT2D eigenvalue weighted by Crippen LogP contribution is 2.22. The van der Waals surface area contributed by atoms with Gasteiger partial charge in [0.1, 0.15) is 0 Å². The minimum absolute atomic E-state index is 0.0168. The Hall–Kier alpha value is -1.47. The van der Waals surface area contributed by atoms with E-state index in [0.717, 1.165) is 24.1 Å². The number of rotatable bonds is 1. The number of amides is 1. The van der Waals surface area contributed by atoms with E-state index in [0.29, 0.717) is 17.4 Å². The zero-order valence-corrected chi connectivity index (χ0v) is 13.2. The van der Waals surface area contributed by atoms with E-state index in [1.807, 2.05) is 11.1 Å². The second-order valence-electron chi connectivity index (χ2n) is 5.69. The number of aromatic nitrogens is 3. The summed E-state index contributed by atoms with van der Waals surface area (Å²) in [5.74, 6) is 0.0168. The quantitative estimate of drug-likeness (QED) is 0.781. The summed E-state index contributed by atoms with van der Waals surface area (Å²) in [5, 5.41) is 4.35. The maximum absolute atomic E-state index is 12.6. The van der Waals surface area contributed by atoms with Crippen LogP contribution >= 0.6 is 15.9 Å². The lowest BCUT2D eigenvalue weighted by Gasteiger charge is -2.37. The lowest BCUT2D eigenvalue weighted by atomic mass is 10.1. The van der Waals surface area contributed by atoms with Crippen molar-refractivity contribution in [3.8, 4) is 0 Å². The molecule has 110 valence electrons. The van der Waals surface area contributed by atoms with Crippen molar-refractivity contribution in [2.45, 2.75) is 18.9 Å². The van der Waals surface area contributed by atoms with E-state index < -0.39 is 0 Å². The molecular weight excluding hydrogens is 334 g/mol. The number of halogens is 1. The molecule has 0 saturated carbocycles. The zero-order chi connectivity index (χ0) is 14.4. The third-order valence-corrected chi connectivity index (χ3v) is 4.78. The fourth-order valence-corrected chi connectivity index (χ4v) is 3.59. The number of hydrogen-bond acceptors (Lipinski definition) is 4. The van der Waals surface area contributed by atoms with Gasteiger partial charge in [-0.1, -0.05) is 0 Å². The molecule has 0 N–H and O–H groups in total. The van der Waals surface area contributed by atoms with Crippen LogP contribution in [0.2, 0.25) is 0 Å². The molecule has 0 bridgehead atoms. The first kappa shape index (κ1) is 13.2. The lowest BCUT2D eigenvalue weighted by Crippen LogP contribution is -2.52. The molecule has 0 radical (unpaired) electrons. The predicted octanol–water partition coefficient (Wildman–Crippen LogP) is 1.41. The van der Waals surface area contributed by atoms with Gasteiger partial charge in [-0.15, -0.1) is 0 Å². The normalized spacial score (nSPS) is 22.7. The van der Waals surface area contributed by atoms with Crippen molar-refractivity contribution in [1.29, 1.82) is 0 Å². The van der Waals surface area contributed by atoms with Crippen LogP contribution in [-0.4, -0.2) is 62.5 Å². The molecule has 7 heteroatoms. The van der Waals surface area contributed by atoms with Gasteiger partial charge in [0, 0.05) is 44.1 Å². The van der Waals surface area contributed by atoms with Crippen molar-refractivity contribution in [3.63, 3.8) is 0 Å². The Bertz CT molecular complexity index is 700. The molecule has 21 heavy (non-hydrogen) atoms. The van der Waals surface area contributed by atoms with Crippen molar-refractivity contribution in [1.82, 2.24) is 24.4 Å². The van der Waals surface area contributed by atoms with Crippen LogP contribution in [0.15, 0.2) is 22.9 Å². The molecule has 0 unspecified atom stereocenters. The van der Waals surface area contributed by atoms with Crippen molar-refractivity contribution in [3.05, 3.63) is 28.6 Å². The molecule has 0 aromatic carbocycles. The third kappa shape index (κ3) is 2.34. The van der Waals surface area contributed by atoms with Crippen LogP contribution in [0.4, 0.5) is 0 Å². The maximum atomic E-state index is 12.6. The first-order chi connectivity index (χ1) is 10.2. The summed E-state index contributed by atoms with van der Waals surface area (Å²) in [6.45, 7) is 3.77. The van der Waals surface area contributed by atoms with Crippen LogP contribution in [-0.2, 0) is 0 Å². The summed E-state index contributed by atoms with van der Waals surface area (Å²) in [6, 6.07) is 2.29. The number of carbonyl (C=O) groups is 1. The summed E-state index contributed by atoms with van der Waals surface area (Å²) in [5.41, 5.74) is 1.17.